The molecule has 0 spiro atoms. The summed E-state index contributed by atoms with van der Waals surface area (Å²) in [6.07, 6.45) is 0. The quantitative estimate of drug-likeness (QED) is 0.322. The van der Waals surface area contributed by atoms with Crippen LogP contribution in [-0.2, 0) is 9.59 Å². The van der Waals surface area contributed by atoms with E-state index in [4.69, 9.17) is 9.47 Å². The molecule has 1 unspecified atom stereocenters. The molecule has 1 amide bonds. The number of Topliss-reactive ketones (excluding diaryl/α,β-unsaturated/α-hetero) is 1. The Morgan fingerprint density at radius 1 is 1.12 bits per heavy atom. The molecule has 7 heteroatoms. The number of ketones is 1. The number of thiophene rings is 1. The van der Waals surface area contributed by atoms with E-state index in [-0.39, 0.29) is 11.3 Å². The molecule has 2 aromatic carbocycles. The molecule has 0 radical (unpaired) electrons. The molecule has 0 saturated carbocycles. The van der Waals surface area contributed by atoms with Gasteiger partial charge in [0.1, 0.15) is 23.3 Å². The number of aliphatic hydroxyl groups excluding tert-OH is 1. The van der Waals surface area contributed by atoms with Gasteiger partial charge in [-0.25, -0.2) is 0 Å². The molecule has 6 nitrogen and oxygen atoms in total. The van der Waals surface area contributed by atoms with Crippen molar-refractivity contribution in [3.63, 3.8) is 0 Å². The summed E-state index contributed by atoms with van der Waals surface area (Å²) in [7, 11) is 1.57. The van der Waals surface area contributed by atoms with Gasteiger partial charge >= 0.3 is 0 Å². The largest absolute Gasteiger partial charge is 0.507 e. The minimum absolute atomic E-state index is 0.0656. The molecule has 4 rings (SSSR count). The van der Waals surface area contributed by atoms with Gasteiger partial charge in [-0.15, -0.1) is 11.3 Å². The molecule has 1 N–H and O–H groups in total. The average Bonchev–Trinajstić information content (AvgIpc) is 3.41. The Kier molecular flexibility index (Phi) is 6.01. The normalized spacial score (nSPS) is 17.6. The van der Waals surface area contributed by atoms with Crippen molar-refractivity contribution < 1.29 is 24.2 Å². The second-order valence-corrected chi connectivity index (χ2v) is 8.28. The van der Waals surface area contributed by atoms with E-state index in [0.717, 1.165) is 10.4 Å². The van der Waals surface area contributed by atoms with Crippen LogP contribution in [0.15, 0.2) is 65.6 Å². The molecule has 32 heavy (non-hydrogen) atoms. The van der Waals surface area contributed by atoms with Crippen molar-refractivity contribution in [1.29, 1.82) is 0 Å². The number of aliphatic hydroxyl groups is 1. The lowest BCUT2D eigenvalue weighted by atomic mass is 9.98. The maximum atomic E-state index is 13.1. The Morgan fingerprint density at radius 2 is 1.88 bits per heavy atom. The molecule has 1 saturated heterocycles. The summed E-state index contributed by atoms with van der Waals surface area (Å²) in [5.41, 5.74) is 1.88. The monoisotopic (exact) mass is 449 g/mol. The number of benzene rings is 2. The SMILES string of the molecule is CCOc1ccc(N2C(=O)C(=O)/C(=C(\O)c3ccc(OC)c(C)c3)C2c2cccs2)cc1. The number of hydrogen-bond acceptors (Lipinski definition) is 6. The molecule has 1 aliphatic rings. The first-order valence-corrected chi connectivity index (χ1v) is 11.1. The van der Waals surface area contributed by atoms with E-state index in [0.29, 0.717) is 29.4 Å². The first-order valence-electron chi connectivity index (χ1n) is 10.2. The zero-order valence-corrected chi connectivity index (χ0v) is 18.8. The number of ether oxygens (including phenoxy) is 2. The van der Waals surface area contributed by atoms with E-state index in [1.54, 1.807) is 49.6 Å². The zero-order valence-electron chi connectivity index (χ0n) is 18.0. The van der Waals surface area contributed by atoms with Gasteiger partial charge in [0.25, 0.3) is 11.7 Å². The molecule has 0 aliphatic carbocycles. The third-order valence-corrected chi connectivity index (χ3v) is 6.28. The number of amides is 1. The van der Waals surface area contributed by atoms with Crippen LogP contribution in [-0.4, -0.2) is 30.5 Å². The van der Waals surface area contributed by atoms with E-state index >= 15 is 0 Å². The Bertz CT molecular complexity index is 1180. The Morgan fingerprint density at radius 3 is 2.47 bits per heavy atom. The van der Waals surface area contributed by atoms with E-state index < -0.39 is 17.7 Å². The van der Waals surface area contributed by atoms with Crippen molar-refractivity contribution in [2.75, 3.05) is 18.6 Å². The van der Waals surface area contributed by atoms with Crippen molar-refractivity contribution in [2.24, 2.45) is 0 Å². The second kappa shape index (κ2) is 8.88. The maximum Gasteiger partial charge on any atom is 0.300 e. The minimum Gasteiger partial charge on any atom is -0.507 e. The van der Waals surface area contributed by atoms with Crippen molar-refractivity contribution in [2.45, 2.75) is 19.9 Å². The van der Waals surface area contributed by atoms with E-state index in [1.807, 2.05) is 31.4 Å². The van der Waals surface area contributed by atoms with Crippen LogP contribution >= 0.6 is 11.3 Å². The highest BCUT2D eigenvalue weighted by Gasteiger charge is 2.47. The van der Waals surface area contributed by atoms with E-state index in [9.17, 15) is 14.7 Å². The van der Waals surface area contributed by atoms with Gasteiger partial charge in [-0.1, -0.05) is 6.07 Å². The molecular weight excluding hydrogens is 426 g/mol. The molecule has 1 aliphatic heterocycles. The smallest absolute Gasteiger partial charge is 0.300 e. The van der Waals surface area contributed by atoms with Crippen molar-refractivity contribution >= 4 is 34.5 Å². The Labute approximate surface area is 190 Å². The topological polar surface area (TPSA) is 76.1 Å². The number of carbonyl (C=O) groups excluding carboxylic acids is 2. The average molecular weight is 450 g/mol. The summed E-state index contributed by atoms with van der Waals surface area (Å²) in [6.45, 7) is 4.27. The highest BCUT2D eigenvalue weighted by Crippen LogP contribution is 2.44. The van der Waals surface area contributed by atoms with Gasteiger partial charge in [-0.05, 0) is 73.3 Å². The van der Waals surface area contributed by atoms with Gasteiger partial charge in [0.05, 0.1) is 19.3 Å². The van der Waals surface area contributed by atoms with Gasteiger partial charge in [0, 0.05) is 16.1 Å². The predicted octanol–water partition coefficient (Wildman–Crippen LogP) is 5.09. The van der Waals surface area contributed by atoms with Crippen LogP contribution in [0.1, 0.15) is 29.0 Å². The van der Waals surface area contributed by atoms with Crippen molar-refractivity contribution in [1.82, 2.24) is 0 Å². The Balaban J connectivity index is 1.85. The zero-order chi connectivity index (χ0) is 22.8. The molecule has 1 atom stereocenters. The third-order valence-electron chi connectivity index (χ3n) is 5.35. The fraction of sp³-hybridized carbons (Fsp3) is 0.200. The molecule has 1 fully saturated rings. The van der Waals surface area contributed by atoms with Gasteiger partial charge < -0.3 is 14.6 Å². The molecule has 0 bridgehead atoms. The lowest BCUT2D eigenvalue weighted by Crippen LogP contribution is -2.29. The molecular formula is C25H23NO5S. The summed E-state index contributed by atoms with van der Waals surface area (Å²) >= 11 is 1.42. The molecule has 3 aromatic rings. The van der Waals surface area contributed by atoms with Crippen molar-refractivity contribution in [3.05, 3.63) is 81.6 Å². The van der Waals surface area contributed by atoms with Crippen LogP contribution < -0.4 is 14.4 Å². The number of carbonyl (C=O) groups is 2. The second-order valence-electron chi connectivity index (χ2n) is 7.30. The van der Waals surface area contributed by atoms with Crippen LogP contribution in [0.3, 0.4) is 0 Å². The number of nitrogens with zero attached hydrogens (tertiary/aromatic N) is 1. The van der Waals surface area contributed by atoms with E-state index in [1.165, 1.54) is 16.2 Å². The van der Waals surface area contributed by atoms with Crippen LogP contribution in [0.4, 0.5) is 5.69 Å². The van der Waals surface area contributed by atoms with Gasteiger partial charge in [-0.2, -0.15) is 0 Å². The maximum absolute atomic E-state index is 13.1. The van der Waals surface area contributed by atoms with Crippen LogP contribution in [0.5, 0.6) is 11.5 Å². The standard InChI is InChI=1S/C25H23NO5S/c1-4-31-18-10-8-17(9-11-18)26-22(20-6-5-13-32-20)21(24(28)25(26)29)23(27)16-7-12-19(30-3)15(2)14-16/h5-14,22,27H,4H2,1-3H3/b23-21-. The predicted molar refractivity (Wildman–Crippen MR) is 124 cm³/mol. The summed E-state index contributed by atoms with van der Waals surface area (Å²) in [6, 6.07) is 15.1. The van der Waals surface area contributed by atoms with Gasteiger partial charge in [0.2, 0.25) is 0 Å². The number of hydrogen-bond donors (Lipinski definition) is 1. The summed E-state index contributed by atoms with van der Waals surface area (Å²) in [4.78, 5) is 28.5. The number of rotatable bonds is 6. The summed E-state index contributed by atoms with van der Waals surface area (Å²) < 4.78 is 10.8. The van der Waals surface area contributed by atoms with Crippen LogP contribution in [0.25, 0.3) is 5.76 Å². The number of aryl methyl sites for hydroxylation is 1. The van der Waals surface area contributed by atoms with Crippen LogP contribution in [0, 0.1) is 6.92 Å². The lowest BCUT2D eigenvalue weighted by Gasteiger charge is -2.24. The Hall–Kier alpha value is -3.58. The first kappa shape index (κ1) is 21.6. The first-order chi connectivity index (χ1) is 15.5. The van der Waals surface area contributed by atoms with Crippen molar-refractivity contribution in [3.8, 4) is 11.5 Å². The summed E-state index contributed by atoms with van der Waals surface area (Å²) in [5.74, 6) is -0.260. The fourth-order valence-electron chi connectivity index (χ4n) is 3.87. The highest BCUT2D eigenvalue weighted by molar-refractivity contribution is 7.10. The number of anilines is 1. The molecule has 1 aromatic heterocycles. The van der Waals surface area contributed by atoms with Gasteiger partial charge in [0.15, 0.2) is 0 Å². The van der Waals surface area contributed by atoms with Crippen LogP contribution in [0.2, 0.25) is 0 Å². The van der Waals surface area contributed by atoms with Gasteiger partial charge in [-0.3, -0.25) is 14.5 Å². The highest BCUT2D eigenvalue weighted by atomic mass is 32.1. The summed E-state index contributed by atoms with van der Waals surface area (Å²) in [5, 5.41) is 13.0. The minimum atomic E-state index is -0.727. The molecule has 164 valence electrons. The lowest BCUT2D eigenvalue weighted by molar-refractivity contribution is -0.132. The fourth-order valence-corrected chi connectivity index (χ4v) is 4.69. The number of methoxy groups -OCH3 is 1. The van der Waals surface area contributed by atoms with E-state index in [2.05, 4.69) is 0 Å². The molecule has 2 heterocycles. The third kappa shape index (κ3) is 3.76.